The van der Waals surface area contributed by atoms with Crippen LogP contribution in [0.1, 0.15) is 358 Å². The standard InChI is InChI=1S/4C23H37NO4S.2Rh/c4*1-2-3-4-5-6-7-8-9-10-11-15-20-16-12-13-18-22(20)29(27,28)24-19-14-17-21(24)23(25)26;;/h4*12-13,16,18,21H,2-11,14-15,17,19H2,1H3,(H,25,26);;/q;;;;2*+2/p-4/t4*21-;;/m0000../s1. The van der Waals surface area contributed by atoms with Gasteiger partial charge in [-0.1, -0.05) is 332 Å². The molecule has 0 unspecified atom stereocenters. The molecular weight excluding hydrogens is 1750 g/mol. The number of nitrogens with zero attached hydrogens (tertiary/aromatic N) is 4. The average molecular weight is 1900 g/mol. The molecule has 4 aromatic carbocycles. The Labute approximate surface area is 738 Å². The third kappa shape index (κ3) is 37.2. The van der Waals surface area contributed by atoms with Gasteiger partial charge in [-0.3, -0.25) is 0 Å². The summed E-state index contributed by atoms with van der Waals surface area (Å²) < 4.78 is 109. The summed E-state index contributed by atoms with van der Waals surface area (Å²) in [5.41, 5.74) is 3.15. The molecule has 0 saturated carbocycles. The summed E-state index contributed by atoms with van der Waals surface area (Å²) in [5, 5.41) is 45.3. The molecule has 4 atom stereocenters. The number of carboxylic acid groups (broad SMARTS) is 4. The fraction of sp³-hybridized carbons (Fsp3) is 0.696. The average Bonchev–Trinajstić information content (AvgIpc) is 1.65. The maximum Gasteiger partial charge on any atom is 2.00 e. The maximum absolute atomic E-state index is 13.1. The van der Waals surface area contributed by atoms with E-state index in [4.69, 9.17) is 0 Å². The normalized spacial score (nSPS) is 17.3. The van der Waals surface area contributed by atoms with E-state index in [1.54, 1.807) is 48.5 Å². The molecule has 0 aromatic heterocycles. The van der Waals surface area contributed by atoms with Crippen LogP contribution in [-0.4, -0.2) is 125 Å². The predicted molar refractivity (Wildman–Crippen MR) is 456 cm³/mol. The van der Waals surface area contributed by atoms with Crippen LogP contribution in [0.15, 0.2) is 117 Å². The van der Waals surface area contributed by atoms with Crippen molar-refractivity contribution in [3.05, 3.63) is 119 Å². The molecule has 0 aliphatic carbocycles. The summed E-state index contributed by atoms with van der Waals surface area (Å²) >= 11 is 0. The van der Waals surface area contributed by atoms with Crippen LogP contribution in [0.5, 0.6) is 0 Å². The first-order valence-electron chi connectivity index (χ1n) is 45.2. The molecular formula is C92H144N4O16Rh2S4. The second-order valence-corrected chi connectivity index (χ2v) is 40.0. The number of rotatable bonds is 56. The number of carbonyl (C=O) groups excluding carboxylic acids is 4. The SMILES string of the molecule is CCCCCCCCCCCCc1ccccc1S(=O)(=O)N1CCC[C@H]1C(=O)[O-].CCCCCCCCCCCCc1ccccc1S(=O)(=O)N1CCC[C@H]1C(=O)[O-].CCCCCCCCCCCCc1ccccc1S(=O)(=O)N1CCC[C@H]1C(=O)[O-].CCCCCCCCCCCCc1ccccc1S(=O)(=O)N1CCC[C@H]1C(=O)[O-].[Rh+2].[Rh+2]. The number of carboxylic acids is 4. The van der Waals surface area contributed by atoms with Crippen molar-refractivity contribution in [1.82, 2.24) is 17.2 Å². The second-order valence-electron chi connectivity index (χ2n) is 32.5. The van der Waals surface area contributed by atoms with E-state index in [9.17, 15) is 73.3 Å². The van der Waals surface area contributed by atoms with E-state index >= 15 is 0 Å². The van der Waals surface area contributed by atoms with E-state index in [-0.39, 0.29) is 84.7 Å². The van der Waals surface area contributed by atoms with Crippen LogP contribution in [0.25, 0.3) is 0 Å². The first-order chi connectivity index (χ1) is 55.9. The van der Waals surface area contributed by atoms with Crippen LogP contribution in [0.4, 0.5) is 0 Å². The number of carbonyl (C=O) groups is 4. The van der Waals surface area contributed by atoms with Crippen LogP contribution >= 0.6 is 0 Å². The molecule has 118 heavy (non-hydrogen) atoms. The molecule has 4 aliphatic rings. The van der Waals surface area contributed by atoms with Crippen LogP contribution < -0.4 is 20.4 Å². The van der Waals surface area contributed by atoms with Crippen LogP contribution in [-0.2, 0) is 124 Å². The Morgan fingerprint density at radius 3 is 0.551 bits per heavy atom. The van der Waals surface area contributed by atoms with Gasteiger partial charge in [-0.2, -0.15) is 17.2 Å². The third-order valence-corrected chi connectivity index (χ3v) is 31.4. The summed E-state index contributed by atoms with van der Waals surface area (Å²) in [6, 6.07) is 23.9. The molecule has 4 heterocycles. The number of aliphatic carboxylic acids is 4. The van der Waals surface area contributed by atoms with Gasteiger partial charge in [0, 0.05) is 26.2 Å². The quantitative estimate of drug-likeness (QED) is 0.0293. The smallest absolute Gasteiger partial charge is 0.548 e. The molecule has 8 rings (SSSR count). The van der Waals surface area contributed by atoms with Gasteiger partial charge in [0.05, 0.1) is 67.6 Å². The van der Waals surface area contributed by atoms with Crippen molar-refractivity contribution < 1.29 is 112 Å². The molecule has 4 aromatic rings. The van der Waals surface area contributed by atoms with Gasteiger partial charge in [-0.05, 0) is 149 Å². The van der Waals surface area contributed by atoms with E-state index in [0.29, 0.717) is 77.0 Å². The van der Waals surface area contributed by atoms with Crippen molar-refractivity contribution in [2.24, 2.45) is 0 Å². The molecule has 4 aliphatic heterocycles. The molecule has 670 valence electrons. The van der Waals surface area contributed by atoms with Crippen molar-refractivity contribution in [3.63, 3.8) is 0 Å². The van der Waals surface area contributed by atoms with E-state index < -0.39 is 88.1 Å². The molecule has 26 heteroatoms. The van der Waals surface area contributed by atoms with Gasteiger partial charge in [0.25, 0.3) is 0 Å². The summed E-state index contributed by atoms with van der Waals surface area (Å²) in [6.45, 7) is 9.90. The number of hydrogen-bond donors (Lipinski definition) is 0. The van der Waals surface area contributed by atoms with Crippen LogP contribution in [0, 0.1) is 0 Å². The van der Waals surface area contributed by atoms with Gasteiger partial charge in [0.15, 0.2) is 0 Å². The van der Waals surface area contributed by atoms with Crippen molar-refractivity contribution >= 4 is 64.0 Å². The molecule has 0 spiro atoms. The summed E-state index contributed by atoms with van der Waals surface area (Å²) in [6.07, 6.45) is 55.8. The largest absolute Gasteiger partial charge is 2.00 e. The molecule has 0 N–H and O–H groups in total. The Morgan fingerprint density at radius 2 is 0.398 bits per heavy atom. The Bertz CT molecular complexity index is 3450. The van der Waals surface area contributed by atoms with Crippen LogP contribution in [0.3, 0.4) is 0 Å². The number of benzene rings is 4. The van der Waals surface area contributed by atoms with Crippen molar-refractivity contribution in [2.45, 2.75) is 405 Å². The minimum Gasteiger partial charge on any atom is -0.548 e. The number of aryl methyl sites for hydroxylation is 4. The Hall–Kier alpha value is -4.35. The predicted octanol–water partition coefficient (Wildman–Crippen LogP) is 16.2. The van der Waals surface area contributed by atoms with Gasteiger partial charge in [0.2, 0.25) is 40.1 Å². The van der Waals surface area contributed by atoms with Crippen LogP contribution in [0.2, 0.25) is 0 Å². The van der Waals surface area contributed by atoms with Crippen molar-refractivity contribution in [2.75, 3.05) is 26.2 Å². The minimum atomic E-state index is -3.81. The maximum atomic E-state index is 13.1. The van der Waals surface area contributed by atoms with Gasteiger partial charge in [0.1, 0.15) is 0 Å². The Morgan fingerprint density at radius 1 is 0.254 bits per heavy atom. The Kier molecular flexibility index (Phi) is 55.8. The molecule has 0 bridgehead atoms. The van der Waals surface area contributed by atoms with Gasteiger partial charge >= 0.3 is 39.0 Å². The van der Waals surface area contributed by atoms with E-state index in [1.165, 1.54) is 205 Å². The summed E-state index contributed by atoms with van der Waals surface area (Å²) in [7, 11) is -15.3. The van der Waals surface area contributed by atoms with Crippen molar-refractivity contribution in [1.29, 1.82) is 0 Å². The van der Waals surface area contributed by atoms with Gasteiger partial charge < -0.3 is 39.6 Å². The fourth-order valence-corrected chi connectivity index (χ4v) is 24.2. The first-order valence-corrected chi connectivity index (χ1v) is 50.9. The number of hydrogen-bond acceptors (Lipinski definition) is 16. The topological polar surface area (TPSA) is 310 Å². The molecule has 2 radical (unpaired) electrons. The number of sulfonamides is 4. The zero-order chi connectivity index (χ0) is 84.5. The monoisotopic (exact) mass is 1890 g/mol. The van der Waals surface area contributed by atoms with Crippen molar-refractivity contribution in [3.8, 4) is 0 Å². The Balaban J connectivity index is 0.000000404. The van der Waals surface area contributed by atoms with Gasteiger partial charge in [-0.25, -0.2) is 33.7 Å². The first kappa shape index (κ1) is 108. The zero-order valence-corrected chi connectivity index (χ0v) is 78.3. The van der Waals surface area contributed by atoms with E-state index in [2.05, 4.69) is 27.7 Å². The second kappa shape index (κ2) is 61.1. The third-order valence-electron chi connectivity index (χ3n) is 23.3. The molecule has 4 saturated heterocycles. The van der Waals surface area contributed by atoms with E-state index in [0.717, 1.165) is 90.8 Å². The van der Waals surface area contributed by atoms with Gasteiger partial charge in [-0.15, -0.1) is 0 Å². The molecule has 0 amide bonds. The summed E-state index contributed by atoms with van der Waals surface area (Å²) in [4.78, 5) is 46.3. The summed E-state index contributed by atoms with van der Waals surface area (Å²) in [5.74, 6) is -5.23. The van der Waals surface area contributed by atoms with E-state index in [1.807, 2.05) is 48.5 Å². The minimum absolute atomic E-state index is 0. The fourth-order valence-electron chi connectivity index (χ4n) is 16.6. The molecule has 20 nitrogen and oxygen atoms in total. The number of unbranched alkanes of at least 4 members (excludes halogenated alkanes) is 36. The zero-order valence-electron chi connectivity index (χ0n) is 71.8. The molecule has 4 fully saturated rings.